The minimum Gasteiger partial charge on any atom is -0.322 e. The highest BCUT2D eigenvalue weighted by atomic mass is 32.1. The maximum Gasteiger partial charge on any atom is 0.255 e. The van der Waals surface area contributed by atoms with Crippen molar-refractivity contribution in [2.45, 2.75) is 20.8 Å². The number of fused-ring (bicyclic) bond motifs is 1. The quantitative estimate of drug-likeness (QED) is 0.542. The van der Waals surface area contributed by atoms with E-state index in [2.05, 4.69) is 33.1 Å². The Morgan fingerprint density at radius 1 is 1.04 bits per heavy atom. The number of rotatable bonds is 3. The first-order valence-electron chi connectivity index (χ1n) is 8.43. The molecule has 4 nitrogen and oxygen atoms in total. The highest BCUT2D eigenvalue weighted by Gasteiger charge is 2.10. The molecule has 4 aromatic rings. The van der Waals surface area contributed by atoms with Gasteiger partial charge in [-0.2, -0.15) is 0 Å². The fraction of sp³-hybridized carbons (Fsp3) is 0.143. The molecule has 0 radical (unpaired) electrons. The van der Waals surface area contributed by atoms with Crippen LogP contribution in [0.3, 0.4) is 0 Å². The largest absolute Gasteiger partial charge is 0.322 e. The second-order valence-corrected chi connectivity index (χ2v) is 7.40. The first-order chi connectivity index (χ1) is 12.5. The van der Waals surface area contributed by atoms with Crippen molar-refractivity contribution in [1.29, 1.82) is 0 Å². The van der Waals surface area contributed by atoms with E-state index in [9.17, 15) is 4.79 Å². The zero-order valence-corrected chi connectivity index (χ0v) is 15.7. The van der Waals surface area contributed by atoms with E-state index in [1.165, 1.54) is 5.69 Å². The fourth-order valence-corrected chi connectivity index (χ4v) is 3.92. The molecular weight excluding hydrogens is 342 g/mol. The van der Waals surface area contributed by atoms with Crippen LogP contribution in [0, 0.1) is 20.8 Å². The monoisotopic (exact) mass is 361 g/mol. The number of nitrogens with zero attached hydrogens (tertiary/aromatic N) is 2. The average Bonchev–Trinajstić information content (AvgIpc) is 3.17. The average molecular weight is 361 g/mol. The molecule has 26 heavy (non-hydrogen) atoms. The molecule has 2 aromatic carbocycles. The van der Waals surface area contributed by atoms with Gasteiger partial charge in [0, 0.05) is 34.1 Å². The smallest absolute Gasteiger partial charge is 0.255 e. The first-order valence-corrected chi connectivity index (χ1v) is 9.31. The summed E-state index contributed by atoms with van der Waals surface area (Å²) in [6, 6.07) is 13.7. The van der Waals surface area contributed by atoms with Gasteiger partial charge in [-0.05, 0) is 45.0 Å². The van der Waals surface area contributed by atoms with Crippen LogP contribution in [0.25, 0.3) is 16.2 Å². The van der Waals surface area contributed by atoms with E-state index in [0.717, 1.165) is 33.0 Å². The van der Waals surface area contributed by atoms with Gasteiger partial charge in [0.15, 0.2) is 4.96 Å². The number of imidazole rings is 1. The maximum absolute atomic E-state index is 12.5. The third-order valence-electron chi connectivity index (χ3n) is 4.31. The molecule has 2 aromatic heterocycles. The van der Waals surface area contributed by atoms with Crippen LogP contribution in [0.4, 0.5) is 5.69 Å². The molecule has 130 valence electrons. The Balaban J connectivity index is 1.54. The summed E-state index contributed by atoms with van der Waals surface area (Å²) in [5.41, 5.74) is 6.77. The van der Waals surface area contributed by atoms with Crippen molar-refractivity contribution >= 4 is 27.9 Å². The standard InChI is InChI=1S/C21H19N3OS/c1-13-8-14(2)10-17(9-13)20(25)22-18-6-4-16(5-7-18)19-11-24-15(3)12-26-21(24)23-19/h4-12H,1-3H3,(H,22,25). The summed E-state index contributed by atoms with van der Waals surface area (Å²) in [7, 11) is 0. The molecule has 0 fully saturated rings. The minimum atomic E-state index is -0.0947. The highest BCUT2D eigenvalue weighted by molar-refractivity contribution is 7.15. The Morgan fingerprint density at radius 2 is 1.73 bits per heavy atom. The summed E-state index contributed by atoms with van der Waals surface area (Å²) >= 11 is 1.64. The number of anilines is 1. The Bertz CT molecular complexity index is 1090. The fourth-order valence-electron chi connectivity index (χ4n) is 3.07. The van der Waals surface area contributed by atoms with Crippen molar-refractivity contribution in [3.8, 4) is 11.3 Å². The van der Waals surface area contributed by atoms with Crippen molar-refractivity contribution < 1.29 is 4.79 Å². The van der Waals surface area contributed by atoms with E-state index in [4.69, 9.17) is 0 Å². The van der Waals surface area contributed by atoms with Crippen LogP contribution in [0.5, 0.6) is 0 Å². The Hall–Kier alpha value is -2.92. The van der Waals surface area contributed by atoms with Crippen LogP contribution >= 0.6 is 11.3 Å². The van der Waals surface area contributed by atoms with E-state index >= 15 is 0 Å². The van der Waals surface area contributed by atoms with Gasteiger partial charge in [0.1, 0.15) is 0 Å². The first kappa shape index (κ1) is 16.5. The van der Waals surface area contributed by atoms with Crippen LogP contribution in [-0.4, -0.2) is 15.3 Å². The van der Waals surface area contributed by atoms with Crippen LogP contribution in [0.15, 0.2) is 54.0 Å². The van der Waals surface area contributed by atoms with E-state index in [-0.39, 0.29) is 5.91 Å². The Kier molecular flexibility index (Phi) is 4.09. The number of aryl methyl sites for hydroxylation is 3. The van der Waals surface area contributed by atoms with Gasteiger partial charge >= 0.3 is 0 Å². The third-order valence-corrected chi connectivity index (χ3v) is 5.27. The molecule has 0 unspecified atom stereocenters. The van der Waals surface area contributed by atoms with Crippen molar-refractivity contribution in [1.82, 2.24) is 9.38 Å². The zero-order valence-electron chi connectivity index (χ0n) is 14.9. The number of thiazole rings is 1. The molecular formula is C21H19N3OS. The number of amides is 1. The maximum atomic E-state index is 12.5. The van der Waals surface area contributed by atoms with Crippen LogP contribution in [-0.2, 0) is 0 Å². The highest BCUT2D eigenvalue weighted by Crippen LogP contribution is 2.24. The molecule has 0 aliphatic rings. The van der Waals surface area contributed by atoms with Crippen LogP contribution < -0.4 is 5.32 Å². The summed E-state index contributed by atoms with van der Waals surface area (Å²) in [5.74, 6) is -0.0947. The van der Waals surface area contributed by atoms with Crippen molar-refractivity contribution in [2.24, 2.45) is 0 Å². The van der Waals surface area contributed by atoms with Gasteiger partial charge in [-0.15, -0.1) is 11.3 Å². The zero-order chi connectivity index (χ0) is 18.3. The van der Waals surface area contributed by atoms with Gasteiger partial charge in [-0.3, -0.25) is 9.20 Å². The molecule has 0 saturated heterocycles. The van der Waals surface area contributed by atoms with Gasteiger partial charge < -0.3 is 5.32 Å². The lowest BCUT2D eigenvalue weighted by molar-refractivity contribution is 0.102. The van der Waals surface area contributed by atoms with Gasteiger partial charge in [-0.25, -0.2) is 4.98 Å². The Morgan fingerprint density at radius 3 is 2.38 bits per heavy atom. The number of carbonyl (C=O) groups is 1. The third kappa shape index (κ3) is 3.13. The lowest BCUT2D eigenvalue weighted by Gasteiger charge is -2.08. The van der Waals surface area contributed by atoms with Gasteiger partial charge in [0.2, 0.25) is 0 Å². The molecule has 1 N–H and O–H groups in total. The lowest BCUT2D eigenvalue weighted by Crippen LogP contribution is -2.12. The molecule has 0 atom stereocenters. The lowest BCUT2D eigenvalue weighted by atomic mass is 10.1. The number of benzene rings is 2. The number of aromatic nitrogens is 2. The summed E-state index contributed by atoms with van der Waals surface area (Å²) in [5, 5.41) is 5.05. The predicted octanol–water partition coefficient (Wildman–Crippen LogP) is 5.24. The minimum absolute atomic E-state index is 0.0947. The number of carbonyl (C=O) groups excluding carboxylic acids is 1. The topological polar surface area (TPSA) is 46.4 Å². The van der Waals surface area contributed by atoms with Crippen molar-refractivity contribution in [2.75, 3.05) is 5.32 Å². The normalized spacial score (nSPS) is 11.0. The summed E-state index contributed by atoms with van der Waals surface area (Å²) in [6.45, 7) is 6.06. The van der Waals surface area contributed by atoms with Crippen molar-refractivity contribution in [3.05, 3.63) is 76.4 Å². The number of nitrogens with one attached hydrogen (secondary N) is 1. The molecule has 4 rings (SSSR count). The molecule has 1 amide bonds. The molecule has 0 spiro atoms. The molecule has 0 saturated carbocycles. The van der Waals surface area contributed by atoms with E-state index in [1.807, 2.05) is 56.4 Å². The van der Waals surface area contributed by atoms with E-state index in [1.54, 1.807) is 11.3 Å². The summed E-state index contributed by atoms with van der Waals surface area (Å²) < 4.78 is 2.09. The predicted molar refractivity (Wildman–Crippen MR) is 107 cm³/mol. The summed E-state index contributed by atoms with van der Waals surface area (Å²) in [6.07, 6.45) is 2.05. The van der Waals surface area contributed by atoms with Gasteiger partial charge in [-0.1, -0.05) is 29.3 Å². The SMILES string of the molecule is Cc1cc(C)cc(C(=O)Nc2ccc(-c3cn4c(C)csc4n3)cc2)c1. The second-order valence-electron chi connectivity index (χ2n) is 6.56. The van der Waals surface area contributed by atoms with Gasteiger partial charge in [0.25, 0.3) is 5.91 Å². The molecule has 0 aliphatic heterocycles. The van der Waals surface area contributed by atoms with Gasteiger partial charge in [0.05, 0.1) is 5.69 Å². The van der Waals surface area contributed by atoms with Crippen LogP contribution in [0.1, 0.15) is 27.2 Å². The van der Waals surface area contributed by atoms with E-state index < -0.39 is 0 Å². The Labute approximate surface area is 156 Å². The molecule has 5 heteroatoms. The number of hydrogen-bond acceptors (Lipinski definition) is 3. The number of hydrogen-bond donors (Lipinski definition) is 1. The second kappa shape index (κ2) is 6.42. The van der Waals surface area contributed by atoms with E-state index in [0.29, 0.717) is 5.56 Å². The molecule has 0 bridgehead atoms. The van der Waals surface area contributed by atoms with Crippen molar-refractivity contribution in [3.63, 3.8) is 0 Å². The van der Waals surface area contributed by atoms with Crippen LogP contribution in [0.2, 0.25) is 0 Å². The molecule has 2 heterocycles. The summed E-state index contributed by atoms with van der Waals surface area (Å²) in [4.78, 5) is 18.1. The molecule has 0 aliphatic carbocycles.